The van der Waals surface area contributed by atoms with Crippen LogP contribution in [0.4, 0.5) is 0 Å². The fourth-order valence-corrected chi connectivity index (χ4v) is 1.61. The first-order valence-corrected chi connectivity index (χ1v) is 4.75. The van der Waals surface area contributed by atoms with Gasteiger partial charge in [0, 0.05) is 6.42 Å². The molecule has 2 heterocycles. The quantitative estimate of drug-likeness (QED) is 0.496. The zero-order valence-electron chi connectivity index (χ0n) is 8.15. The number of rotatable bonds is 2. The van der Waals surface area contributed by atoms with Gasteiger partial charge in [-0.25, -0.2) is 9.98 Å². The van der Waals surface area contributed by atoms with Crippen molar-refractivity contribution in [2.45, 2.75) is 24.9 Å². The Kier molecular flexibility index (Phi) is 2.85. The van der Waals surface area contributed by atoms with Gasteiger partial charge in [0.1, 0.15) is 19.0 Å². The molecule has 0 spiro atoms. The van der Waals surface area contributed by atoms with Crippen LogP contribution < -0.4 is 5.73 Å². The molecule has 1 fully saturated rings. The minimum Gasteiger partial charge on any atom is -0.394 e. The predicted molar refractivity (Wildman–Crippen MR) is 53.2 cm³/mol. The van der Waals surface area contributed by atoms with Crippen molar-refractivity contribution in [3.63, 3.8) is 0 Å². The fourth-order valence-electron chi connectivity index (χ4n) is 1.61. The molecule has 1 saturated heterocycles. The van der Waals surface area contributed by atoms with Gasteiger partial charge in [0.2, 0.25) is 5.96 Å². The summed E-state index contributed by atoms with van der Waals surface area (Å²) >= 11 is 0. The molecular formula is C8H14N4O3. The van der Waals surface area contributed by atoms with E-state index >= 15 is 0 Å². The van der Waals surface area contributed by atoms with E-state index in [1.165, 1.54) is 0 Å². The summed E-state index contributed by atoms with van der Waals surface area (Å²) in [7, 11) is 0. The molecule has 4 N–H and O–H groups in total. The Morgan fingerprint density at radius 2 is 2.47 bits per heavy atom. The van der Waals surface area contributed by atoms with E-state index in [1.807, 2.05) is 0 Å². The van der Waals surface area contributed by atoms with E-state index in [4.69, 9.17) is 15.6 Å². The van der Waals surface area contributed by atoms with Crippen molar-refractivity contribution < 1.29 is 14.9 Å². The van der Waals surface area contributed by atoms with Crippen LogP contribution in [0.2, 0.25) is 0 Å². The number of aliphatic hydroxyl groups is 2. The maximum atomic E-state index is 9.53. The van der Waals surface area contributed by atoms with Gasteiger partial charge < -0.3 is 25.6 Å². The first-order valence-electron chi connectivity index (χ1n) is 4.75. The van der Waals surface area contributed by atoms with E-state index in [0.29, 0.717) is 13.1 Å². The first kappa shape index (κ1) is 10.3. The monoisotopic (exact) mass is 214 g/mol. The summed E-state index contributed by atoms with van der Waals surface area (Å²) in [5, 5.41) is 18.4. The average Bonchev–Trinajstić information content (AvgIpc) is 2.61. The maximum absolute atomic E-state index is 9.53. The number of aliphatic imine (C=N–C) groups is 2. The van der Waals surface area contributed by atoms with Gasteiger partial charge in [-0.1, -0.05) is 0 Å². The Labute approximate surface area is 86.9 Å². The molecule has 0 aliphatic carbocycles. The molecule has 2 rings (SSSR count). The zero-order chi connectivity index (χ0) is 10.8. The Morgan fingerprint density at radius 1 is 1.67 bits per heavy atom. The molecule has 0 aromatic rings. The topological polar surface area (TPSA) is 104 Å². The highest BCUT2D eigenvalue weighted by Gasteiger charge is 2.36. The molecule has 2 aliphatic rings. The molecule has 7 nitrogen and oxygen atoms in total. The highest BCUT2D eigenvalue weighted by molar-refractivity contribution is 5.87. The lowest BCUT2D eigenvalue weighted by atomic mass is 10.2. The summed E-state index contributed by atoms with van der Waals surface area (Å²) in [6, 6.07) is 0. The Balaban J connectivity index is 1.94. The van der Waals surface area contributed by atoms with Gasteiger partial charge in [0.25, 0.3) is 0 Å². The predicted octanol–water partition coefficient (Wildman–Crippen LogP) is -1.93. The molecule has 0 aromatic carbocycles. The van der Waals surface area contributed by atoms with Crippen LogP contribution in [0.15, 0.2) is 9.98 Å². The number of hydrogen-bond donors (Lipinski definition) is 3. The summed E-state index contributed by atoms with van der Waals surface area (Å²) in [5.41, 5.74) is 5.37. The van der Waals surface area contributed by atoms with Crippen LogP contribution in [0.5, 0.6) is 0 Å². The SMILES string of the molecule is NC1=NCN([C@@H]2C[C@H](O)[C@@H](CO)O2)C=N1. The van der Waals surface area contributed by atoms with Gasteiger partial charge in [-0.05, 0) is 0 Å². The van der Waals surface area contributed by atoms with Gasteiger partial charge in [0.15, 0.2) is 0 Å². The molecule has 15 heavy (non-hydrogen) atoms. The third-order valence-corrected chi connectivity index (χ3v) is 2.49. The average molecular weight is 214 g/mol. The lowest BCUT2D eigenvalue weighted by Gasteiger charge is -2.26. The standard InChI is InChI=1S/C8H14N4O3/c9-8-10-3-12(4-11-8)7-1-5(14)6(2-13)15-7/h3,5-7,13-14H,1-2,4H2,(H2,9,11)/t5-,6+,7-/m0/s1. The molecular weight excluding hydrogens is 200 g/mol. The van der Waals surface area contributed by atoms with E-state index in [9.17, 15) is 5.11 Å². The van der Waals surface area contributed by atoms with Crippen molar-refractivity contribution in [3.05, 3.63) is 0 Å². The van der Waals surface area contributed by atoms with E-state index in [1.54, 1.807) is 11.2 Å². The number of nitrogens with zero attached hydrogens (tertiary/aromatic N) is 3. The summed E-state index contributed by atoms with van der Waals surface area (Å²) in [5.74, 6) is 0.239. The molecule has 0 amide bonds. The van der Waals surface area contributed by atoms with E-state index in [-0.39, 0.29) is 18.8 Å². The van der Waals surface area contributed by atoms with Crippen molar-refractivity contribution in [3.8, 4) is 0 Å². The van der Waals surface area contributed by atoms with Gasteiger partial charge in [-0.3, -0.25) is 0 Å². The van der Waals surface area contributed by atoms with Crippen LogP contribution in [0.25, 0.3) is 0 Å². The number of hydrogen-bond acceptors (Lipinski definition) is 7. The minimum absolute atomic E-state index is 0.186. The fraction of sp³-hybridized carbons (Fsp3) is 0.750. The van der Waals surface area contributed by atoms with Crippen LogP contribution in [-0.2, 0) is 4.74 Å². The molecule has 0 bridgehead atoms. The Hall–Kier alpha value is -1.18. The van der Waals surface area contributed by atoms with Crippen molar-refractivity contribution >= 4 is 12.3 Å². The van der Waals surface area contributed by atoms with Crippen molar-refractivity contribution in [2.75, 3.05) is 13.3 Å². The summed E-state index contributed by atoms with van der Waals surface area (Å²) < 4.78 is 5.42. The Morgan fingerprint density at radius 3 is 3.00 bits per heavy atom. The van der Waals surface area contributed by atoms with Gasteiger partial charge in [-0.15, -0.1) is 0 Å². The number of aliphatic hydroxyl groups excluding tert-OH is 2. The molecule has 0 aromatic heterocycles. The smallest absolute Gasteiger partial charge is 0.218 e. The Bertz CT molecular complexity index is 294. The van der Waals surface area contributed by atoms with E-state index in [0.717, 1.165) is 0 Å². The minimum atomic E-state index is -0.642. The second kappa shape index (κ2) is 4.13. The second-order valence-electron chi connectivity index (χ2n) is 3.53. The van der Waals surface area contributed by atoms with Crippen LogP contribution in [-0.4, -0.2) is 59.1 Å². The number of nitrogens with two attached hydrogens (primary N) is 1. The molecule has 3 atom stereocenters. The normalized spacial score (nSPS) is 35.7. The lowest BCUT2D eigenvalue weighted by Crippen LogP contribution is -2.38. The third kappa shape index (κ3) is 2.09. The highest BCUT2D eigenvalue weighted by Crippen LogP contribution is 2.22. The second-order valence-corrected chi connectivity index (χ2v) is 3.53. The van der Waals surface area contributed by atoms with Crippen molar-refractivity contribution in [1.29, 1.82) is 0 Å². The van der Waals surface area contributed by atoms with Crippen LogP contribution >= 0.6 is 0 Å². The molecule has 84 valence electrons. The largest absolute Gasteiger partial charge is 0.394 e. The third-order valence-electron chi connectivity index (χ3n) is 2.49. The van der Waals surface area contributed by atoms with Crippen molar-refractivity contribution in [1.82, 2.24) is 4.90 Å². The maximum Gasteiger partial charge on any atom is 0.218 e. The van der Waals surface area contributed by atoms with Gasteiger partial charge in [-0.2, -0.15) is 0 Å². The summed E-state index contributed by atoms with van der Waals surface area (Å²) in [6.07, 6.45) is 0.521. The zero-order valence-corrected chi connectivity index (χ0v) is 8.15. The van der Waals surface area contributed by atoms with Crippen LogP contribution in [0, 0.1) is 0 Å². The van der Waals surface area contributed by atoms with E-state index < -0.39 is 12.2 Å². The van der Waals surface area contributed by atoms with E-state index in [2.05, 4.69) is 9.98 Å². The molecule has 0 radical (unpaired) electrons. The molecule has 0 saturated carbocycles. The van der Waals surface area contributed by atoms with Crippen molar-refractivity contribution in [2.24, 2.45) is 15.7 Å². The van der Waals surface area contributed by atoms with Crippen LogP contribution in [0.3, 0.4) is 0 Å². The van der Waals surface area contributed by atoms with Gasteiger partial charge >= 0.3 is 0 Å². The first-order chi connectivity index (χ1) is 7.20. The number of ether oxygens (including phenoxy) is 1. The summed E-state index contributed by atoms with van der Waals surface area (Å²) in [4.78, 5) is 9.50. The lowest BCUT2D eigenvalue weighted by molar-refractivity contribution is -0.0563. The molecule has 7 heteroatoms. The van der Waals surface area contributed by atoms with Crippen LogP contribution in [0.1, 0.15) is 6.42 Å². The highest BCUT2D eigenvalue weighted by atomic mass is 16.5. The summed E-state index contributed by atoms with van der Waals surface area (Å²) in [6.45, 7) is 0.179. The number of guanidine groups is 1. The van der Waals surface area contributed by atoms with Gasteiger partial charge in [0.05, 0.1) is 19.0 Å². The molecule has 2 aliphatic heterocycles. The molecule has 0 unspecified atom stereocenters.